The van der Waals surface area contributed by atoms with E-state index in [9.17, 15) is 23.2 Å². The fourth-order valence-electron chi connectivity index (χ4n) is 2.35. The predicted molar refractivity (Wildman–Crippen MR) is 95.0 cm³/mol. The Morgan fingerprint density at radius 1 is 1.11 bits per heavy atom. The first-order valence-electron chi connectivity index (χ1n) is 7.95. The van der Waals surface area contributed by atoms with Crippen LogP contribution in [-0.2, 0) is 11.0 Å². The zero-order chi connectivity index (χ0) is 20.1. The van der Waals surface area contributed by atoms with Crippen molar-refractivity contribution < 1.29 is 18.0 Å². The van der Waals surface area contributed by atoms with E-state index >= 15 is 0 Å². The van der Waals surface area contributed by atoms with Crippen LogP contribution in [0.1, 0.15) is 11.3 Å². The number of nitrogens with one attached hydrogen (secondary N) is 1. The molecule has 2 aromatic carbocycles. The van der Waals surface area contributed by atoms with Gasteiger partial charge in [-0.2, -0.15) is 28.3 Å². The van der Waals surface area contributed by atoms with Gasteiger partial charge in [-0.3, -0.25) is 4.79 Å². The number of hydrogen-bond acceptors (Lipinski definition) is 4. The number of amides is 1. The maximum Gasteiger partial charge on any atom is 0.418 e. The summed E-state index contributed by atoms with van der Waals surface area (Å²) in [5.74, 6) is -0.978. The average Bonchev–Trinajstić information content (AvgIpc) is 3.15. The van der Waals surface area contributed by atoms with Crippen LogP contribution in [-0.4, -0.2) is 20.9 Å². The molecule has 0 radical (unpaired) electrons. The topological polar surface area (TPSA) is 83.6 Å². The van der Waals surface area contributed by atoms with Crippen LogP contribution >= 0.6 is 0 Å². The number of rotatable bonds is 4. The van der Waals surface area contributed by atoms with Gasteiger partial charge in [0.25, 0.3) is 5.91 Å². The van der Waals surface area contributed by atoms with Crippen molar-refractivity contribution in [1.82, 2.24) is 15.0 Å². The van der Waals surface area contributed by atoms with Crippen molar-refractivity contribution in [2.24, 2.45) is 0 Å². The third-order valence-corrected chi connectivity index (χ3v) is 3.63. The molecule has 0 atom stereocenters. The molecule has 0 aliphatic rings. The van der Waals surface area contributed by atoms with Crippen LogP contribution in [0.2, 0.25) is 0 Å². The van der Waals surface area contributed by atoms with Crippen LogP contribution in [0.25, 0.3) is 11.8 Å². The lowest BCUT2D eigenvalue weighted by atomic mass is 10.1. The number of benzene rings is 2. The van der Waals surface area contributed by atoms with Crippen LogP contribution in [0, 0.1) is 11.3 Å². The first kappa shape index (κ1) is 18.8. The summed E-state index contributed by atoms with van der Waals surface area (Å²) in [6.45, 7) is 0. The Labute approximate surface area is 157 Å². The molecule has 0 bridgehead atoms. The van der Waals surface area contributed by atoms with Crippen LogP contribution in [0.4, 0.5) is 18.9 Å². The number of carbonyl (C=O) groups excluding carboxylic acids is 1. The van der Waals surface area contributed by atoms with E-state index in [0.29, 0.717) is 5.69 Å². The van der Waals surface area contributed by atoms with E-state index in [0.717, 1.165) is 18.2 Å². The quantitative estimate of drug-likeness (QED) is 0.548. The molecular weight excluding hydrogens is 371 g/mol. The summed E-state index contributed by atoms with van der Waals surface area (Å²) in [4.78, 5) is 13.6. The maximum atomic E-state index is 13.0. The number of nitrogens with zero attached hydrogens (tertiary/aromatic N) is 4. The van der Waals surface area contributed by atoms with Crippen LogP contribution in [0.3, 0.4) is 0 Å². The number of aromatic nitrogens is 3. The minimum atomic E-state index is -4.64. The Morgan fingerprint density at radius 3 is 2.46 bits per heavy atom. The first-order valence-corrected chi connectivity index (χ1v) is 7.95. The molecule has 28 heavy (non-hydrogen) atoms. The lowest BCUT2D eigenvalue weighted by Gasteiger charge is -2.13. The van der Waals surface area contributed by atoms with Crippen molar-refractivity contribution in [1.29, 1.82) is 5.26 Å². The van der Waals surface area contributed by atoms with Crippen molar-refractivity contribution in [3.05, 3.63) is 77.6 Å². The molecule has 3 rings (SSSR count). The van der Waals surface area contributed by atoms with Crippen molar-refractivity contribution in [2.75, 3.05) is 5.32 Å². The second-order valence-electron chi connectivity index (χ2n) is 5.56. The summed E-state index contributed by atoms with van der Waals surface area (Å²) in [5, 5.41) is 19.5. The number of hydrogen-bond donors (Lipinski definition) is 1. The smallest absolute Gasteiger partial charge is 0.321 e. The van der Waals surface area contributed by atoms with Crippen LogP contribution in [0.5, 0.6) is 0 Å². The van der Waals surface area contributed by atoms with Gasteiger partial charge in [-0.1, -0.05) is 30.3 Å². The highest BCUT2D eigenvalue weighted by Gasteiger charge is 2.33. The van der Waals surface area contributed by atoms with E-state index in [1.54, 1.807) is 30.3 Å². The summed E-state index contributed by atoms with van der Waals surface area (Å²) in [6, 6.07) is 15.1. The zero-order valence-corrected chi connectivity index (χ0v) is 14.2. The number of halogens is 3. The van der Waals surface area contributed by atoms with Crippen molar-refractivity contribution in [3.63, 3.8) is 0 Å². The third-order valence-electron chi connectivity index (χ3n) is 3.63. The molecule has 0 aliphatic carbocycles. The zero-order valence-electron chi connectivity index (χ0n) is 14.2. The number of nitriles is 1. The van der Waals surface area contributed by atoms with Crippen molar-refractivity contribution in [2.45, 2.75) is 6.18 Å². The molecule has 0 saturated heterocycles. The maximum absolute atomic E-state index is 13.0. The van der Waals surface area contributed by atoms with Gasteiger partial charge in [-0.05, 0) is 30.3 Å². The van der Waals surface area contributed by atoms with Crippen molar-refractivity contribution >= 4 is 17.7 Å². The molecule has 1 amide bonds. The van der Waals surface area contributed by atoms with Gasteiger partial charge in [0.1, 0.15) is 17.3 Å². The van der Waals surface area contributed by atoms with E-state index in [1.807, 2.05) is 6.07 Å². The molecule has 1 aromatic heterocycles. The molecule has 9 heteroatoms. The van der Waals surface area contributed by atoms with E-state index in [-0.39, 0.29) is 5.69 Å². The Kier molecular flexibility index (Phi) is 5.22. The summed E-state index contributed by atoms with van der Waals surface area (Å²) in [5.41, 5.74) is -0.967. The Balaban J connectivity index is 1.84. The normalized spacial score (nSPS) is 11.7. The Morgan fingerprint density at radius 2 is 1.79 bits per heavy atom. The van der Waals surface area contributed by atoms with Gasteiger partial charge < -0.3 is 5.32 Å². The van der Waals surface area contributed by atoms with E-state index in [1.165, 1.54) is 23.1 Å². The Hall–Kier alpha value is -3.93. The molecule has 0 aliphatic heterocycles. The van der Waals surface area contributed by atoms with Gasteiger partial charge in [0.2, 0.25) is 0 Å². The van der Waals surface area contributed by atoms with E-state index < -0.39 is 28.9 Å². The molecule has 140 valence electrons. The molecule has 1 N–H and O–H groups in total. The molecule has 0 spiro atoms. The van der Waals surface area contributed by atoms with Crippen LogP contribution in [0.15, 0.2) is 66.4 Å². The monoisotopic (exact) mass is 383 g/mol. The summed E-state index contributed by atoms with van der Waals surface area (Å²) in [7, 11) is 0. The minimum absolute atomic E-state index is 0.208. The second-order valence-corrected chi connectivity index (χ2v) is 5.56. The summed E-state index contributed by atoms with van der Waals surface area (Å²) >= 11 is 0. The summed E-state index contributed by atoms with van der Waals surface area (Å²) < 4.78 is 39.1. The molecular formula is C19H12F3N5O. The molecule has 0 saturated carbocycles. The summed E-state index contributed by atoms with van der Waals surface area (Å²) in [6.07, 6.45) is -2.15. The molecule has 6 nitrogen and oxygen atoms in total. The van der Waals surface area contributed by atoms with Gasteiger partial charge in [-0.25, -0.2) is 0 Å². The molecule has 3 aromatic rings. The van der Waals surface area contributed by atoms with E-state index in [4.69, 9.17) is 0 Å². The van der Waals surface area contributed by atoms with Crippen LogP contribution < -0.4 is 5.32 Å². The van der Waals surface area contributed by atoms with Gasteiger partial charge in [0.15, 0.2) is 0 Å². The molecule has 0 fully saturated rings. The minimum Gasteiger partial charge on any atom is -0.321 e. The second kappa shape index (κ2) is 7.75. The average molecular weight is 383 g/mol. The van der Waals surface area contributed by atoms with Crippen molar-refractivity contribution in [3.8, 4) is 11.8 Å². The fourth-order valence-corrected chi connectivity index (χ4v) is 2.35. The Bertz CT molecular complexity index is 1060. The van der Waals surface area contributed by atoms with Gasteiger partial charge in [-0.15, -0.1) is 5.10 Å². The van der Waals surface area contributed by atoms with Gasteiger partial charge in [0.05, 0.1) is 23.1 Å². The first-order chi connectivity index (χ1) is 13.4. The highest BCUT2D eigenvalue weighted by atomic mass is 19.4. The third kappa shape index (κ3) is 4.24. The van der Waals surface area contributed by atoms with E-state index in [2.05, 4.69) is 15.5 Å². The highest BCUT2D eigenvalue weighted by molar-refractivity contribution is 6.09. The standard InChI is InChI=1S/C19H12F3N5O/c20-19(21,22)16-8-4-5-9-17(16)25-18(28)13(11-23)10-14-12-24-27(26-14)15-6-2-1-3-7-15/h1-10,12H,(H,25,28)/b13-10+. The van der Waals surface area contributed by atoms with Gasteiger partial charge >= 0.3 is 6.18 Å². The number of anilines is 1. The lowest BCUT2D eigenvalue weighted by Crippen LogP contribution is -2.17. The highest BCUT2D eigenvalue weighted by Crippen LogP contribution is 2.34. The lowest BCUT2D eigenvalue weighted by molar-refractivity contribution is -0.137. The van der Waals surface area contributed by atoms with Gasteiger partial charge in [0, 0.05) is 0 Å². The largest absolute Gasteiger partial charge is 0.418 e. The molecule has 1 heterocycles. The number of alkyl halides is 3. The number of carbonyl (C=O) groups is 1. The fraction of sp³-hybridized carbons (Fsp3) is 0.0526. The molecule has 0 unspecified atom stereocenters. The number of para-hydroxylation sites is 2. The SMILES string of the molecule is N#C/C(=C\c1cnn(-c2ccccc2)n1)C(=O)Nc1ccccc1C(F)(F)F. The predicted octanol–water partition coefficient (Wildman–Crippen LogP) is 3.83.